The minimum Gasteiger partial charge on any atom is -0.455 e. The molecule has 4 heteroatoms. The fourth-order valence-corrected chi connectivity index (χ4v) is 10.5. The molecule has 2 aromatic heterocycles. The molecule has 0 amide bonds. The van der Waals surface area contributed by atoms with Crippen LogP contribution in [0, 0.1) is 53.2 Å². The van der Waals surface area contributed by atoms with Crippen LogP contribution < -0.4 is 0 Å². The normalized spacial score (nSPS) is 12.2. The predicted molar refractivity (Wildman–Crippen MR) is 255 cm³/mol. The van der Waals surface area contributed by atoms with Gasteiger partial charge in [0, 0.05) is 43.1 Å². The van der Waals surface area contributed by atoms with E-state index in [2.05, 4.69) is 125 Å². The van der Waals surface area contributed by atoms with Gasteiger partial charge in [0.2, 0.25) is 0 Å². The number of benzene rings is 10. The SMILES string of the molecule is Cc1cc(C)cc(-c2ccc3c(c2)oc2c3cc3cc(-c4ccc(F)cc4C)c4c5oc6cc(-c7cc(C)cc(C)c7)ccc6c5cc5cc(-c6ccc(F)cc6C)c2c3c54)c1. The van der Waals surface area contributed by atoms with Crippen LogP contribution >= 0.6 is 0 Å². The molecule has 2 heterocycles. The van der Waals surface area contributed by atoms with Gasteiger partial charge in [-0.25, -0.2) is 8.78 Å². The van der Waals surface area contributed by atoms with Crippen molar-refractivity contribution >= 4 is 76.2 Å². The summed E-state index contributed by atoms with van der Waals surface area (Å²) in [5, 5.41) is 10.1. The quantitative estimate of drug-likeness (QED) is 0.166. The van der Waals surface area contributed by atoms with Gasteiger partial charge in [0.05, 0.1) is 0 Å². The Morgan fingerprint density at radius 3 is 1.11 bits per heavy atom. The van der Waals surface area contributed by atoms with Crippen molar-refractivity contribution in [1.82, 2.24) is 0 Å². The number of halogens is 2. The predicted octanol–water partition coefficient (Wildman–Crippen LogP) is 17.2. The maximum atomic E-state index is 14.8. The van der Waals surface area contributed by atoms with E-state index in [1.165, 1.54) is 22.3 Å². The van der Waals surface area contributed by atoms with E-state index >= 15 is 0 Å². The monoisotopic (exact) mass is 806 g/mol. The highest BCUT2D eigenvalue weighted by molar-refractivity contribution is 6.39. The topological polar surface area (TPSA) is 26.3 Å². The van der Waals surface area contributed by atoms with Crippen molar-refractivity contribution in [2.75, 3.05) is 0 Å². The van der Waals surface area contributed by atoms with Crippen LogP contribution in [0.5, 0.6) is 0 Å². The molecule has 298 valence electrons. The highest BCUT2D eigenvalue weighted by Crippen LogP contribution is 2.52. The van der Waals surface area contributed by atoms with Crippen molar-refractivity contribution in [2.24, 2.45) is 0 Å². The summed E-state index contributed by atoms with van der Waals surface area (Å²) >= 11 is 0. The standard InChI is InChI=1S/C58H40F2O2/c1-29-15-30(2)18-37(17-29)35-7-11-45-49-25-39-23-48(44-14-10-42(60)22-34(44)6)56-54-40(24-47(43-13-9-41(59)21-33(43)5)55(53(39)54)57(49)61-51(45)27-35)26-50-46-12-8-36(28-52(46)62-58(50)56)38-19-31(3)16-32(4)20-38/h7-28H,1-6H3. The Balaban J connectivity index is 1.25. The zero-order chi connectivity index (χ0) is 42.3. The first-order chi connectivity index (χ1) is 29.9. The molecule has 0 saturated carbocycles. The Kier molecular flexibility index (Phi) is 7.72. The molecule has 0 unspecified atom stereocenters. The lowest BCUT2D eigenvalue weighted by Gasteiger charge is -2.20. The van der Waals surface area contributed by atoms with Crippen LogP contribution in [-0.4, -0.2) is 0 Å². The Labute approximate surface area is 357 Å². The number of hydrogen-bond donors (Lipinski definition) is 0. The smallest absolute Gasteiger partial charge is 0.143 e. The molecular weight excluding hydrogens is 767 g/mol. The second-order valence-corrected chi connectivity index (χ2v) is 17.6. The molecule has 2 nitrogen and oxygen atoms in total. The van der Waals surface area contributed by atoms with Crippen LogP contribution in [0.2, 0.25) is 0 Å². The van der Waals surface area contributed by atoms with Gasteiger partial charge in [0.1, 0.15) is 34.0 Å². The third kappa shape index (κ3) is 5.45. The van der Waals surface area contributed by atoms with Crippen molar-refractivity contribution in [3.63, 3.8) is 0 Å². The second kappa shape index (κ2) is 13.1. The number of furan rings is 2. The fraction of sp³-hybridized carbons (Fsp3) is 0.103. The Morgan fingerprint density at radius 1 is 0.323 bits per heavy atom. The van der Waals surface area contributed by atoms with Crippen LogP contribution in [0.4, 0.5) is 8.78 Å². The highest BCUT2D eigenvalue weighted by Gasteiger charge is 2.26. The molecule has 12 rings (SSSR count). The van der Waals surface area contributed by atoms with E-state index in [-0.39, 0.29) is 11.6 Å². The number of fused-ring (bicyclic) bond motifs is 8. The molecule has 0 N–H and O–H groups in total. The Morgan fingerprint density at radius 2 is 0.726 bits per heavy atom. The molecule has 62 heavy (non-hydrogen) atoms. The molecule has 0 spiro atoms. The van der Waals surface area contributed by atoms with Crippen molar-refractivity contribution < 1.29 is 17.6 Å². The van der Waals surface area contributed by atoms with Crippen LogP contribution in [0.3, 0.4) is 0 Å². The second-order valence-electron chi connectivity index (χ2n) is 17.6. The Hall–Kier alpha value is -7.30. The van der Waals surface area contributed by atoms with Gasteiger partial charge in [0.25, 0.3) is 0 Å². The average Bonchev–Trinajstić information content (AvgIpc) is 3.78. The molecule has 0 radical (unpaired) electrons. The average molecular weight is 807 g/mol. The maximum absolute atomic E-state index is 14.8. The van der Waals surface area contributed by atoms with Gasteiger partial charge >= 0.3 is 0 Å². The molecule has 12 aromatic rings. The summed E-state index contributed by atoms with van der Waals surface area (Å²) in [7, 11) is 0. The molecule has 0 aliphatic heterocycles. The molecular formula is C58H40F2O2. The maximum Gasteiger partial charge on any atom is 0.143 e. The molecule has 0 aliphatic rings. The van der Waals surface area contributed by atoms with Gasteiger partial charge < -0.3 is 8.83 Å². The molecule has 10 aromatic carbocycles. The van der Waals surface area contributed by atoms with Crippen molar-refractivity contribution in [3.05, 3.63) is 178 Å². The third-order valence-corrected chi connectivity index (χ3v) is 13.0. The van der Waals surface area contributed by atoms with Gasteiger partial charge in [-0.05, 0) is 181 Å². The number of hydrogen-bond acceptors (Lipinski definition) is 2. The van der Waals surface area contributed by atoms with E-state index in [1.54, 1.807) is 24.3 Å². The van der Waals surface area contributed by atoms with Crippen LogP contribution in [-0.2, 0) is 0 Å². The molecule has 0 atom stereocenters. The third-order valence-electron chi connectivity index (χ3n) is 13.0. The minimum atomic E-state index is -0.276. The van der Waals surface area contributed by atoms with Gasteiger partial charge in [0.15, 0.2) is 0 Å². The van der Waals surface area contributed by atoms with E-state index < -0.39 is 0 Å². The van der Waals surface area contributed by atoms with Gasteiger partial charge in [-0.2, -0.15) is 0 Å². The first kappa shape index (κ1) is 36.5. The molecule has 0 fully saturated rings. The first-order valence-electron chi connectivity index (χ1n) is 21.2. The lowest BCUT2D eigenvalue weighted by atomic mass is 9.83. The van der Waals surface area contributed by atoms with Crippen molar-refractivity contribution in [1.29, 1.82) is 0 Å². The summed E-state index contributed by atoms with van der Waals surface area (Å²) in [6, 6.07) is 45.3. The summed E-state index contributed by atoms with van der Waals surface area (Å²) in [4.78, 5) is 0. The lowest BCUT2D eigenvalue weighted by molar-refractivity contribution is 0.626. The van der Waals surface area contributed by atoms with E-state index in [9.17, 15) is 8.78 Å². The summed E-state index contributed by atoms with van der Waals surface area (Å²) in [6.45, 7) is 12.4. The highest BCUT2D eigenvalue weighted by atomic mass is 19.1. The van der Waals surface area contributed by atoms with E-state index in [1.807, 2.05) is 26.0 Å². The summed E-state index contributed by atoms with van der Waals surface area (Å²) in [5.41, 5.74) is 17.9. The summed E-state index contributed by atoms with van der Waals surface area (Å²) < 4.78 is 43.8. The zero-order valence-electron chi connectivity index (χ0n) is 35.3. The fourth-order valence-electron chi connectivity index (χ4n) is 10.5. The molecule has 0 saturated heterocycles. The number of aryl methyl sites for hydroxylation is 6. The van der Waals surface area contributed by atoms with Crippen molar-refractivity contribution in [3.8, 4) is 44.5 Å². The molecule has 0 bridgehead atoms. The minimum absolute atomic E-state index is 0.276. The lowest BCUT2D eigenvalue weighted by Crippen LogP contribution is -1.94. The zero-order valence-corrected chi connectivity index (χ0v) is 35.3. The van der Waals surface area contributed by atoms with Crippen LogP contribution in [0.25, 0.3) is 121 Å². The van der Waals surface area contributed by atoms with Gasteiger partial charge in [-0.3, -0.25) is 0 Å². The first-order valence-corrected chi connectivity index (χ1v) is 21.2. The van der Waals surface area contributed by atoms with Gasteiger partial charge in [-0.1, -0.05) is 82.9 Å². The van der Waals surface area contributed by atoms with Crippen LogP contribution in [0.1, 0.15) is 33.4 Å². The van der Waals surface area contributed by atoms with E-state index in [4.69, 9.17) is 8.83 Å². The molecule has 0 aliphatic carbocycles. The number of rotatable bonds is 4. The van der Waals surface area contributed by atoms with Crippen LogP contribution in [0.15, 0.2) is 142 Å². The van der Waals surface area contributed by atoms with Crippen molar-refractivity contribution in [2.45, 2.75) is 41.5 Å². The Bertz CT molecular complexity index is 3600. The largest absolute Gasteiger partial charge is 0.455 e. The summed E-state index contributed by atoms with van der Waals surface area (Å²) in [6.07, 6.45) is 0. The van der Waals surface area contributed by atoms with Gasteiger partial charge in [-0.15, -0.1) is 0 Å². The van der Waals surface area contributed by atoms with E-state index in [0.29, 0.717) is 0 Å². The van der Waals surface area contributed by atoms with E-state index in [0.717, 1.165) is 132 Å². The summed E-state index contributed by atoms with van der Waals surface area (Å²) in [5.74, 6) is -0.551.